The lowest BCUT2D eigenvalue weighted by molar-refractivity contribution is 0.617. The summed E-state index contributed by atoms with van der Waals surface area (Å²) in [5.74, 6) is 0. The molecule has 82 valence electrons. The summed E-state index contributed by atoms with van der Waals surface area (Å²) in [5.41, 5.74) is 0.670. The van der Waals surface area contributed by atoms with Crippen molar-refractivity contribution in [3.8, 4) is 0 Å². The van der Waals surface area contributed by atoms with E-state index in [1.807, 2.05) is 24.6 Å². The number of aromatic nitrogens is 3. The maximum absolute atomic E-state index is 11.3. The van der Waals surface area contributed by atoms with Crippen LogP contribution in [0.5, 0.6) is 0 Å². The van der Waals surface area contributed by atoms with Gasteiger partial charge in [-0.15, -0.1) is 0 Å². The maximum atomic E-state index is 11.3. The smallest absolute Gasteiger partial charge is 0.260 e. The molecule has 4 nitrogen and oxygen atoms in total. The van der Waals surface area contributed by atoms with Crippen LogP contribution in [0.3, 0.4) is 0 Å². The van der Waals surface area contributed by atoms with E-state index >= 15 is 0 Å². The van der Waals surface area contributed by atoms with Gasteiger partial charge in [-0.1, -0.05) is 13.8 Å². The first-order valence-corrected chi connectivity index (χ1v) is 5.24. The van der Waals surface area contributed by atoms with Gasteiger partial charge in [-0.2, -0.15) is 0 Å². The Balaban J connectivity index is 0.000000531. The van der Waals surface area contributed by atoms with E-state index in [0.717, 1.165) is 5.65 Å². The van der Waals surface area contributed by atoms with Gasteiger partial charge in [0.1, 0.15) is 5.65 Å². The molecular weight excluding hydrogens is 190 g/mol. The Morgan fingerprint density at radius 1 is 1.40 bits per heavy atom. The molecule has 0 amide bonds. The van der Waals surface area contributed by atoms with Crippen LogP contribution in [-0.4, -0.2) is 14.5 Å². The van der Waals surface area contributed by atoms with Crippen molar-refractivity contribution in [2.75, 3.05) is 0 Å². The van der Waals surface area contributed by atoms with Crippen molar-refractivity contribution in [2.45, 2.75) is 33.7 Å². The number of fused-ring (bicyclic) bond motifs is 1. The molecular formula is C11H17N3O. The van der Waals surface area contributed by atoms with Crippen LogP contribution in [0.4, 0.5) is 0 Å². The second-order valence-corrected chi connectivity index (χ2v) is 3.29. The zero-order valence-corrected chi connectivity index (χ0v) is 9.61. The van der Waals surface area contributed by atoms with E-state index in [1.165, 1.54) is 6.33 Å². The lowest BCUT2D eigenvalue weighted by Gasteiger charge is -2.06. The van der Waals surface area contributed by atoms with E-state index in [9.17, 15) is 4.79 Å². The topological polar surface area (TPSA) is 50.7 Å². The van der Waals surface area contributed by atoms with Gasteiger partial charge in [-0.25, -0.2) is 4.98 Å². The molecule has 0 fully saturated rings. The lowest BCUT2D eigenvalue weighted by atomic mass is 10.4. The van der Waals surface area contributed by atoms with Crippen LogP contribution in [0.15, 0.2) is 23.4 Å². The van der Waals surface area contributed by atoms with Gasteiger partial charge in [-0.05, 0) is 19.9 Å². The second kappa shape index (κ2) is 4.77. The van der Waals surface area contributed by atoms with Crippen LogP contribution in [-0.2, 0) is 0 Å². The summed E-state index contributed by atoms with van der Waals surface area (Å²) in [5, 5.41) is 0.649. The van der Waals surface area contributed by atoms with Crippen LogP contribution >= 0.6 is 0 Å². The summed E-state index contributed by atoms with van der Waals surface area (Å²) in [7, 11) is 0. The largest absolute Gasteiger partial charge is 0.330 e. The molecule has 0 bridgehead atoms. The third-order valence-electron chi connectivity index (χ3n) is 2.07. The third kappa shape index (κ3) is 2.09. The first-order valence-electron chi connectivity index (χ1n) is 5.24. The summed E-state index contributed by atoms with van der Waals surface area (Å²) in [6.45, 7) is 8.12. The number of rotatable bonds is 1. The summed E-state index contributed by atoms with van der Waals surface area (Å²) >= 11 is 0. The Morgan fingerprint density at radius 2 is 2.07 bits per heavy atom. The fourth-order valence-corrected chi connectivity index (χ4v) is 1.40. The van der Waals surface area contributed by atoms with Crippen molar-refractivity contribution in [3.63, 3.8) is 0 Å². The van der Waals surface area contributed by atoms with Crippen molar-refractivity contribution in [3.05, 3.63) is 28.9 Å². The third-order valence-corrected chi connectivity index (χ3v) is 2.07. The molecule has 1 N–H and O–H groups in total. The average molecular weight is 207 g/mol. The molecule has 0 unspecified atom stereocenters. The highest BCUT2D eigenvalue weighted by atomic mass is 16.1. The van der Waals surface area contributed by atoms with Gasteiger partial charge < -0.3 is 9.55 Å². The maximum Gasteiger partial charge on any atom is 0.260 e. The molecule has 0 spiro atoms. The van der Waals surface area contributed by atoms with E-state index in [1.54, 1.807) is 6.07 Å². The summed E-state index contributed by atoms with van der Waals surface area (Å²) in [4.78, 5) is 18.0. The Morgan fingerprint density at radius 3 is 2.67 bits per heavy atom. The monoisotopic (exact) mass is 207 g/mol. The summed E-state index contributed by atoms with van der Waals surface area (Å²) in [6.07, 6.45) is 3.32. The fraction of sp³-hybridized carbons (Fsp3) is 0.455. The van der Waals surface area contributed by atoms with Gasteiger partial charge in [0.25, 0.3) is 5.56 Å². The minimum Gasteiger partial charge on any atom is -0.330 e. The molecule has 15 heavy (non-hydrogen) atoms. The molecule has 2 aromatic heterocycles. The SMILES string of the molecule is CC.CC(C)n1ccc2c(=O)[nH]cnc21. The highest BCUT2D eigenvalue weighted by Gasteiger charge is 2.06. The van der Waals surface area contributed by atoms with Crippen molar-refractivity contribution >= 4 is 11.0 Å². The van der Waals surface area contributed by atoms with Crippen LogP contribution in [0, 0.1) is 0 Å². The van der Waals surface area contributed by atoms with Gasteiger partial charge in [-0.3, -0.25) is 4.79 Å². The van der Waals surface area contributed by atoms with Crippen molar-refractivity contribution in [2.24, 2.45) is 0 Å². The van der Waals surface area contributed by atoms with Crippen molar-refractivity contribution in [1.82, 2.24) is 14.5 Å². The molecule has 2 aromatic rings. The molecule has 0 aliphatic heterocycles. The van der Waals surface area contributed by atoms with Gasteiger partial charge in [0, 0.05) is 12.2 Å². The Labute approximate surface area is 89.0 Å². The highest BCUT2D eigenvalue weighted by Crippen LogP contribution is 2.13. The minimum atomic E-state index is -0.0793. The number of aromatic amines is 1. The average Bonchev–Trinajstić information content (AvgIpc) is 2.66. The van der Waals surface area contributed by atoms with E-state index in [4.69, 9.17) is 0 Å². The van der Waals surface area contributed by atoms with Crippen LogP contribution in [0.2, 0.25) is 0 Å². The van der Waals surface area contributed by atoms with E-state index < -0.39 is 0 Å². The Bertz CT molecular complexity index is 482. The minimum absolute atomic E-state index is 0.0793. The van der Waals surface area contributed by atoms with Gasteiger partial charge in [0.2, 0.25) is 0 Å². The molecule has 0 saturated heterocycles. The van der Waals surface area contributed by atoms with Crippen molar-refractivity contribution < 1.29 is 0 Å². The number of hydrogen-bond donors (Lipinski definition) is 1. The zero-order valence-electron chi connectivity index (χ0n) is 9.61. The van der Waals surface area contributed by atoms with Crippen molar-refractivity contribution in [1.29, 1.82) is 0 Å². The van der Waals surface area contributed by atoms with E-state index in [-0.39, 0.29) is 5.56 Å². The standard InChI is InChI=1S/C9H11N3O.C2H6/c1-6(2)12-4-3-7-8(12)10-5-11-9(7)13;1-2/h3-6H,1-2H3,(H,10,11,13);1-2H3. The first kappa shape index (κ1) is 11.5. The number of H-pyrrole nitrogens is 1. The van der Waals surface area contributed by atoms with Crippen LogP contribution in [0.1, 0.15) is 33.7 Å². The predicted octanol–water partition coefficient (Wildman–Crippen LogP) is 2.33. The molecule has 0 aliphatic rings. The van der Waals surface area contributed by atoms with Gasteiger partial charge in [0.15, 0.2) is 0 Å². The van der Waals surface area contributed by atoms with E-state index in [0.29, 0.717) is 11.4 Å². The molecule has 0 radical (unpaired) electrons. The lowest BCUT2D eigenvalue weighted by Crippen LogP contribution is -2.07. The molecule has 0 saturated carbocycles. The Kier molecular flexibility index (Phi) is 3.66. The molecule has 4 heteroatoms. The summed E-state index contributed by atoms with van der Waals surface area (Å²) in [6, 6.07) is 2.12. The zero-order chi connectivity index (χ0) is 11.4. The molecule has 0 aliphatic carbocycles. The number of hydrogen-bond acceptors (Lipinski definition) is 2. The fourth-order valence-electron chi connectivity index (χ4n) is 1.40. The number of nitrogens with zero attached hydrogens (tertiary/aromatic N) is 2. The molecule has 0 atom stereocenters. The van der Waals surface area contributed by atoms with Gasteiger partial charge in [0.05, 0.1) is 11.7 Å². The molecule has 0 aromatic carbocycles. The molecule has 2 rings (SSSR count). The Hall–Kier alpha value is -1.58. The molecule has 2 heterocycles. The predicted molar refractivity (Wildman–Crippen MR) is 62.1 cm³/mol. The van der Waals surface area contributed by atoms with Crippen LogP contribution < -0.4 is 5.56 Å². The van der Waals surface area contributed by atoms with Gasteiger partial charge >= 0.3 is 0 Å². The first-order chi connectivity index (χ1) is 7.20. The highest BCUT2D eigenvalue weighted by molar-refractivity contribution is 5.74. The van der Waals surface area contributed by atoms with E-state index in [2.05, 4.69) is 23.8 Å². The second-order valence-electron chi connectivity index (χ2n) is 3.29. The number of nitrogens with one attached hydrogen (secondary N) is 1. The summed E-state index contributed by atoms with van der Waals surface area (Å²) < 4.78 is 1.98. The quantitative estimate of drug-likeness (QED) is 0.780. The van der Waals surface area contributed by atoms with Crippen LogP contribution in [0.25, 0.3) is 11.0 Å². The normalized spacial score (nSPS) is 10.2.